The molecular weight excluding hydrogens is 558 g/mol. The topological polar surface area (TPSA) is 25.2 Å². The van der Waals surface area contributed by atoms with Gasteiger partial charge in [-0.2, -0.15) is 0 Å². The predicted molar refractivity (Wildman–Crippen MR) is 199 cm³/mol. The highest BCUT2D eigenvalue weighted by molar-refractivity contribution is 6.09. The van der Waals surface area contributed by atoms with E-state index in [0.29, 0.717) is 0 Å². The van der Waals surface area contributed by atoms with Gasteiger partial charge in [0.15, 0.2) is 5.58 Å². The van der Waals surface area contributed by atoms with Crippen molar-refractivity contribution in [1.82, 2.24) is 0 Å². The van der Waals surface area contributed by atoms with Gasteiger partial charge in [0.05, 0.1) is 5.69 Å². The first-order chi connectivity index (χ1) is 22.3. The molecule has 0 fully saturated rings. The average molecular weight is 602 g/mol. The van der Waals surface area contributed by atoms with Crippen molar-refractivity contribution in [2.75, 3.05) is 5.32 Å². The molecule has 0 spiro atoms. The van der Waals surface area contributed by atoms with Gasteiger partial charge in [0, 0.05) is 27.3 Å². The minimum Gasteiger partial charge on any atom is -0.454 e. The van der Waals surface area contributed by atoms with Crippen LogP contribution in [0.5, 0.6) is 0 Å². The van der Waals surface area contributed by atoms with Gasteiger partial charge in [-0.3, -0.25) is 0 Å². The Kier molecular flexibility index (Phi) is 7.09. The SMILES string of the molecule is CC.CC.CC1(C)c2cc(Nc3cccc4c3oc3ccccc34)ccc2-c2cc3c(cc21)-c1c(ccc2ccccc12)C3(C)C. The summed E-state index contributed by atoms with van der Waals surface area (Å²) in [6.45, 7) is 17.5. The van der Waals surface area contributed by atoms with E-state index < -0.39 is 0 Å². The molecule has 0 radical (unpaired) electrons. The molecule has 1 heterocycles. The second-order valence-electron chi connectivity index (χ2n) is 13.1. The van der Waals surface area contributed by atoms with Crippen LogP contribution in [0.4, 0.5) is 11.4 Å². The highest BCUT2D eigenvalue weighted by Gasteiger charge is 2.42. The Hall–Kier alpha value is -4.82. The molecule has 6 aromatic carbocycles. The van der Waals surface area contributed by atoms with E-state index in [2.05, 4.69) is 130 Å². The van der Waals surface area contributed by atoms with E-state index in [1.165, 1.54) is 55.3 Å². The Morgan fingerprint density at radius 2 is 1.13 bits per heavy atom. The van der Waals surface area contributed by atoms with Gasteiger partial charge in [-0.05, 0) is 91.7 Å². The number of hydrogen-bond acceptors (Lipinski definition) is 2. The van der Waals surface area contributed by atoms with Gasteiger partial charge in [-0.25, -0.2) is 0 Å². The highest BCUT2D eigenvalue weighted by Crippen LogP contribution is 2.57. The molecule has 0 saturated carbocycles. The maximum atomic E-state index is 6.30. The fourth-order valence-electron chi connectivity index (χ4n) is 7.81. The number of rotatable bonds is 2. The molecule has 0 amide bonds. The van der Waals surface area contributed by atoms with Crippen molar-refractivity contribution in [2.45, 2.75) is 66.2 Å². The van der Waals surface area contributed by atoms with Crippen molar-refractivity contribution in [3.8, 4) is 22.3 Å². The zero-order valence-corrected chi connectivity index (χ0v) is 28.3. The van der Waals surface area contributed by atoms with Crippen LogP contribution in [-0.2, 0) is 10.8 Å². The number of benzene rings is 6. The maximum Gasteiger partial charge on any atom is 0.158 e. The van der Waals surface area contributed by atoms with Crippen molar-refractivity contribution in [2.24, 2.45) is 0 Å². The second kappa shape index (κ2) is 10.9. The van der Waals surface area contributed by atoms with Crippen LogP contribution in [0.2, 0.25) is 0 Å². The Labute approximate surface area is 273 Å². The van der Waals surface area contributed by atoms with Crippen LogP contribution in [0.1, 0.15) is 77.6 Å². The lowest BCUT2D eigenvalue weighted by Crippen LogP contribution is -2.17. The highest BCUT2D eigenvalue weighted by atomic mass is 16.3. The molecule has 0 unspecified atom stereocenters. The van der Waals surface area contributed by atoms with Crippen LogP contribution >= 0.6 is 0 Å². The largest absolute Gasteiger partial charge is 0.454 e. The summed E-state index contributed by atoms with van der Waals surface area (Å²) in [4.78, 5) is 0. The summed E-state index contributed by atoms with van der Waals surface area (Å²) < 4.78 is 6.30. The van der Waals surface area contributed by atoms with Gasteiger partial charge in [-0.1, -0.05) is 128 Å². The number of hydrogen-bond donors (Lipinski definition) is 1. The molecule has 7 aromatic rings. The van der Waals surface area contributed by atoms with Gasteiger partial charge in [-0.15, -0.1) is 0 Å². The van der Waals surface area contributed by atoms with E-state index in [-0.39, 0.29) is 10.8 Å². The lowest BCUT2D eigenvalue weighted by molar-refractivity contribution is 0.652. The Morgan fingerprint density at radius 1 is 0.500 bits per heavy atom. The molecule has 2 heteroatoms. The van der Waals surface area contributed by atoms with Gasteiger partial charge in [0.1, 0.15) is 5.58 Å². The molecule has 9 rings (SSSR count). The van der Waals surface area contributed by atoms with Crippen molar-refractivity contribution >= 4 is 44.1 Å². The number of anilines is 2. The van der Waals surface area contributed by atoms with Crippen molar-refractivity contribution in [1.29, 1.82) is 0 Å². The maximum absolute atomic E-state index is 6.30. The third kappa shape index (κ3) is 4.16. The van der Waals surface area contributed by atoms with E-state index in [9.17, 15) is 0 Å². The number of furan rings is 1. The third-order valence-corrected chi connectivity index (χ3v) is 10.0. The first-order valence-electron chi connectivity index (χ1n) is 16.9. The summed E-state index contributed by atoms with van der Waals surface area (Å²) in [7, 11) is 0. The summed E-state index contributed by atoms with van der Waals surface area (Å²) in [5, 5.41) is 8.63. The molecular formula is C44H43NO. The van der Waals surface area contributed by atoms with Gasteiger partial charge in [0.25, 0.3) is 0 Å². The molecule has 0 atom stereocenters. The number of nitrogens with one attached hydrogen (secondary N) is 1. The summed E-state index contributed by atoms with van der Waals surface area (Å²) in [5.74, 6) is 0. The molecule has 1 aromatic heterocycles. The van der Waals surface area contributed by atoms with E-state index in [0.717, 1.165) is 33.3 Å². The van der Waals surface area contributed by atoms with Gasteiger partial charge in [0.2, 0.25) is 0 Å². The molecule has 2 aliphatic carbocycles. The van der Waals surface area contributed by atoms with Crippen LogP contribution in [0, 0.1) is 0 Å². The Bertz CT molecular complexity index is 2280. The fraction of sp³-hybridized carbons (Fsp3) is 0.227. The van der Waals surface area contributed by atoms with Crippen molar-refractivity contribution in [3.63, 3.8) is 0 Å². The fourth-order valence-corrected chi connectivity index (χ4v) is 7.81. The zero-order valence-electron chi connectivity index (χ0n) is 28.3. The lowest BCUT2D eigenvalue weighted by atomic mass is 9.79. The molecule has 46 heavy (non-hydrogen) atoms. The first kappa shape index (κ1) is 29.9. The van der Waals surface area contributed by atoms with Crippen LogP contribution in [-0.4, -0.2) is 0 Å². The second-order valence-corrected chi connectivity index (χ2v) is 13.1. The molecule has 1 N–H and O–H groups in total. The summed E-state index contributed by atoms with van der Waals surface area (Å²) in [6, 6.07) is 39.9. The van der Waals surface area contributed by atoms with E-state index in [1.807, 2.05) is 39.8 Å². The summed E-state index contributed by atoms with van der Waals surface area (Å²) in [6.07, 6.45) is 0. The van der Waals surface area contributed by atoms with Gasteiger partial charge >= 0.3 is 0 Å². The van der Waals surface area contributed by atoms with Crippen LogP contribution in [0.25, 0.3) is 55.0 Å². The minimum absolute atomic E-state index is 0.0522. The predicted octanol–water partition coefficient (Wildman–Crippen LogP) is 13.1. The van der Waals surface area contributed by atoms with Crippen molar-refractivity contribution < 1.29 is 4.42 Å². The number of para-hydroxylation sites is 2. The first-order valence-corrected chi connectivity index (χ1v) is 16.9. The molecule has 2 aliphatic rings. The molecule has 0 aliphatic heterocycles. The molecule has 0 saturated heterocycles. The van der Waals surface area contributed by atoms with E-state index >= 15 is 0 Å². The minimum atomic E-state index is -0.125. The summed E-state index contributed by atoms with van der Waals surface area (Å²) >= 11 is 0. The van der Waals surface area contributed by atoms with Crippen LogP contribution in [0.3, 0.4) is 0 Å². The molecule has 0 bridgehead atoms. The third-order valence-electron chi connectivity index (χ3n) is 10.0. The van der Waals surface area contributed by atoms with Crippen molar-refractivity contribution in [3.05, 3.63) is 131 Å². The Morgan fingerprint density at radius 3 is 1.93 bits per heavy atom. The standard InChI is InChI=1S/C40H31NO.2C2H6/c1-39(2)31-19-16-23-10-5-6-11-25(23)37(31)30-22-33-29(21-34(30)39)26-18-17-24(20-32(26)40(33,3)4)41-35-14-9-13-28-27-12-7-8-15-36(27)42-38(28)35;2*1-2/h5-22,41H,1-4H3;2*1-2H3. The van der Waals surface area contributed by atoms with E-state index in [1.54, 1.807) is 0 Å². The lowest BCUT2D eigenvalue weighted by Gasteiger charge is -2.24. The average Bonchev–Trinajstić information content (AvgIpc) is 3.66. The smallest absolute Gasteiger partial charge is 0.158 e. The molecule has 230 valence electrons. The van der Waals surface area contributed by atoms with E-state index in [4.69, 9.17) is 4.42 Å². The van der Waals surface area contributed by atoms with Gasteiger partial charge < -0.3 is 9.73 Å². The quantitative estimate of drug-likeness (QED) is 0.213. The number of fused-ring (bicyclic) bond motifs is 11. The van der Waals surface area contributed by atoms with Crippen LogP contribution < -0.4 is 5.32 Å². The summed E-state index contributed by atoms with van der Waals surface area (Å²) in [5.41, 5.74) is 14.8. The zero-order chi connectivity index (χ0) is 32.4. The molecule has 2 nitrogen and oxygen atoms in total. The monoisotopic (exact) mass is 601 g/mol. The Balaban J connectivity index is 0.000000815. The van der Waals surface area contributed by atoms with Crippen LogP contribution in [0.15, 0.2) is 114 Å². The normalized spacial score (nSPS) is 14.4.